The lowest BCUT2D eigenvalue weighted by atomic mass is 10.2. The summed E-state index contributed by atoms with van der Waals surface area (Å²) in [6.07, 6.45) is 0.545. The van der Waals surface area contributed by atoms with Gasteiger partial charge in [-0.05, 0) is 30.3 Å². The average molecular weight is 460 g/mol. The van der Waals surface area contributed by atoms with Crippen LogP contribution in [0.1, 0.15) is 23.4 Å². The van der Waals surface area contributed by atoms with E-state index in [0.29, 0.717) is 40.3 Å². The van der Waals surface area contributed by atoms with E-state index in [1.165, 1.54) is 34.9 Å². The van der Waals surface area contributed by atoms with Crippen molar-refractivity contribution in [1.82, 2.24) is 19.7 Å². The molecule has 7 nitrogen and oxygen atoms in total. The van der Waals surface area contributed by atoms with Crippen molar-refractivity contribution in [3.05, 3.63) is 71.0 Å². The largest absolute Gasteiger partial charge is 0.324 e. The number of carbonyl (C=O) groups is 2. The maximum atomic E-state index is 13.4. The van der Waals surface area contributed by atoms with Crippen LogP contribution in [0.5, 0.6) is 0 Å². The number of amides is 2. The molecule has 0 saturated carbocycles. The van der Waals surface area contributed by atoms with Crippen LogP contribution in [-0.4, -0.2) is 49.2 Å². The zero-order valence-corrected chi connectivity index (χ0v) is 18.2. The van der Waals surface area contributed by atoms with Gasteiger partial charge in [0.05, 0.1) is 16.6 Å². The molecule has 1 aliphatic heterocycles. The molecule has 0 bridgehead atoms. The van der Waals surface area contributed by atoms with Crippen LogP contribution >= 0.6 is 23.4 Å². The molecule has 3 aromatic rings. The highest BCUT2D eigenvalue weighted by atomic mass is 35.5. The van der Waals surface area contributed by atoms with Crippen LogP contribution in [-0.2, 0) is 11.2 Å². The van der Waals surface area contributed by atoms with E-state index in [1.807, 2.05) is 19.1 Å². The Bertz CT molecular complexity index is 1140. The summed E-state index contributed by atoms with van der Waals surface area (Å²) in [5.74, 6) is 0.0795. The fourth-order valence-electron chi connectivity index (χ4n) is 3.26. The molecule has 1 saturated heterocycles. The Morgan fingerprint density at radius 3 is 2.81 bits per heavy atom. The van der Waals surface area contributed by atoms with Gasteiger partial charge < -0.3 is 10.2 Å². The molecule has 2 amide bonds. The number of benzene rings is 2. The smallest absolute Gasteiger partial charge is 0.294 e. The topological polar surface area (TPSA) is 80.1 Å². The molecule has 10 heteroatoms. The Morgan fingerprint density at radius 2 is 2.06 bits per heavy atom. The van der Waals surface area contributed by atoms with Gasteiger partial charge in [0.25, 0.3) is 5.91 Å². The Kier molecular flexibility index (Phi) is 6.24. The molecule has 2 heterocycles. The van der Waals surface area contributed by atoms with Crippen LogP contribution in [0.15, 0.2) is 48.5 Å². The number of nitrogens with one attached hydrogen (secondary N) is 1. The van der Waals surface area contributed by atoms with Gasteiger partial charge in [-0.15, -0.1) is 16.9 Å². The molecular weight excluding hydrogens is 441 g/mol. The van der Waals surface area contributed by atoms with Gasteiger partial charge in [-0.1, -0.05) is 36.7 Å². The lowest BCUT2D eigenvalue weighted by Gasteiger charge is -2.21. The predicted molar refractivity (Wildman–Crippen MR) is 118 cm³/mol. The van der Waals surface area contributed by atoms with Gasteiger partial charge in [0.15, 0.2) is 0 Å². The monoisotopic (exact) mass is 459 g/mol. The van der Waals surface area contributed by atoms with Crippen LogP contribution in [0, 0.1) is 5.82 Å². The third-order valence-corrected chi connectivity index (χ3v) is 6.13. The summed E-state index contributed by atoms with van der Waals surface area (Å²) in [6.45, 7) is 1.91. The molecule has 1 unspecified atom stereocenters. The summed E-state index contributed by atoms with van der Waals surface area (Å²) < 4.78 is 15.0. The average Bonchev–Trinajstić information content (AvgIpc) is 3.41. The highest BCUT2D eigenvalue weighted by molar-refractivity contribution is 7.99. The quantitative estimate of drug-likeness (QED) is 0.628. The number of hydrogen-bond donors (Lipinski definition) is 1. The van der Waals surface area contributed by atoms with Crippen molar-refractivity contribution in [1.29, 1.82) is 0 Å². The summed E-state index contributed by atoms with van der Waals surface area (Å²) in [5, 5.41) is 7.55. The second kappa shape index (κ2) is 9.07. The maximum Gasteiger partial charge on any atom is 0.294 e. The summed E-state index contributed by atoms with van der Waals surface area (Å²) in [6, 6.07) is 12.1. The molecule has 1 atom stereocenters. The Morgan fingerprint density at radius 1 is 1.26 bits per heavy atom. The molecule has 0 radical (unpaired) electrons. The minimum Gasteiger partial charge on any atom is -0.324 e. The SMILES string of the molecule is CCc1nc(C(=O)N2CSCC2C(=O)Nc2cccc(F)c2)nn1-c1ccccc1Cl. The number of carbonyl (C=O) groups excluding carboxylic acids is 2. The Balaban J connectivity index is 1.57. The van der Waals surface area contributed by atoms with Crippen LogP contribution in [0.4, 0.5) is 10.1 Å². The molecule has 0 spiro atoms. The number of para-hydroxylation sites is 1. The predicted octanol–water partition coefficient (Wildman–Crippen LogP) is 3.78. The normalized spacial score (nSPS) is 15.8. The molecule has 0 aliphatic carbocycles. The van der Waals surface area contributed by atoms with Gasteiger partial charge in [-0.3, -0.25) is 9.59 Å². The van der Waals surface area contributed by atoms with Crippen LogP contribution in [0.25, 0.3) is 5.69 Å². The van der Waals surface area contributed by atoms with Crippen LogP contribution in [0.2, 0.25) is 5.02 Å². The van der Waals surface area contributed by atoms with Crippen molar-refractivity contribution in [3.8, 4) is 5.69 Å². The minimum absolute atomic E-state index is 0.00262. The first-order valence-electron chi connectivity index (χ1n) is 9.64. The molecule has 1 N–H and O–H groups in total. The van der Waals surface area contributed by atoms with Crippen molar-refractivity contribution in [2.24, 2.45) is 0 Å². The molecule has 1 aromatic heterocycles. The molecule has 4 rings (SSSR count). The van der Waals surface area contributed by atoms with Gasteiger partial charge >= 0.3 is 0 Å². The van der Waals surface area contributed by atoms with E-state index in [0.717, 1.165) is 0 Å². The summed E-state index contributed by atoms with van der Waals surface area (Å²) in [5.41, 5.74) is 0.965. The van der Waals surface area contributed by atoms with Gasteiger partial charge in [0.1, 0.15) is 17.7 Å². The number of anilines is 1. The van der Waals surface area contributed by atoms with E-state index in [4.69, 9.17) is 11.6 Å². The third kappa shape index (κ3) is 4.42. The Labute approximate surface area is 187 Å². The van der Waals surface area contributed by atoms with Crippen molar-refractivity contribution in [3.63, 3.8) is 0 Å². The zero-order chi connectivity index (χ0) is 22.0. The molecular formula is C21H19ClFN5O2S. The first kappa shape index (κ1) is 21.3. The molecule has 1 aliphatic rings. The van der Waals surface area contributed by atoms with E-state index in [9.17, 15) is 14.0 Å². The second-order valence-electron chi connectivity index (χ2n) is 6.86. The fraction of sp³-hybridized carbons (Fsp3) is 0.238. The van der Waals surface area contributed by atoms with Crippen molar-refractivity contribution in [2.45, 2.75) is 19.4 Å². The van der Waals surface area contributed by atoms with Crippen LogP contribution in [0.3, 0.4) is 0 Å². The summed E-state index contributed by atoms with van der Waals surface area (Å²) >= 11 is 7.75. The van der Waals surface area contributed by atoms with E-state index >= 15 is 0 Å². The lowest BCUT2D eigenvalue weighted by molar-refractivity contribution is -0.119. The zero-order valence-electron chi connectivity index (χ0n) is 16.6. The maximum absolute atomic E-state index is 13.4. The highest BCUT2D eigenvalue weighted by Crippen LogP contribution is 2.25. The van der Waals surface area contributed by atoms with Gasteiger partial charge in [-0.25, -0.2) is 14.1 Å². The molecule has 160 valence electrons. The van der Waals surface area contributed by atoms with Gasteiger partial charge in [0.2, 0.25) is 11.7 Å². The van der Waals surface area contributed by atoms with Crippen LogP contribution < -0.4 is 5.32 Å². The molecule has 2 aromatic carbocycles. The summed E-state index contributed by atoms with van der Waals surface area (Å²) in [4.78, 5) is 31.8. The van der Waals surface area contributed by atoms with Crippen molar-refractivity contribution < 1.29 is 14.0 Å². The van der Waals surface area contributed by atoms with Gasteiger partial charge in [0, 0.05) is 17.9 Å². The fourth-order valence-corrected chi connectivity index (χ4v) is 4.63. The Hall–Kier alpha value is -2.91. The second-order valence-corrected chi connectivity index (χ2v) is 8.27. The first-order chi connectivity index (χ1) is 15.0. The number of hydrogen-bond acceptors (Lipinski definition) is 5. The third-order valence-electron chi connectivity index (χ3n) is 4.80. The number of halogens is 2. The van der Waals surface area contributed by atoms with E-state index in [2.05, 4.69) is 15.4 Å². The number of rotatable bonds is 5. The minimum atomic E-state index is -0.710. The standard InChI is InChI=1S/C21H19ClFN5O2S/c1-2-18-25-19(26-28(18)16-9-4-3-8-15(16)22)21(30)27-12-31-11-17(27)20(29)24-14-7-5-6-13(23)10-14/h3-10,17H,2,11-12H2,1H3,(H,24,29). The number of thioether (sulfide) groups is 1. The number of aryl methyl sites for hydroxylation is 1. The number of nitrogens with zero attached hydrogens (tertiary/aromatic N) is 4. The molecule has 31 heavy (non-hydrogen) atoms. The van der Waals surface area contributed by atoms with Crippen molar-refractivity contribution >= 4 is 40.9 Å². The van der Waals surface area contributed by atoms with Gasteiger partial charge in [-0.2, -0.15) is 0 Å². The lowest BCUT2D eigenvalue weighted by Crippen LogP contribution is -2.44. The highest BCUT2D eigenvalue weighted by Gasteiger charge is 2.37. The van der Waals surface area contributed by atoms with E-state index in [-0.39, 0.29) is 11.7 Å². The first-order valence-corrected chi connectivity index (χ1v) is 11.2. The summed E-state index contributed by atoms with van der Waals surface area (Å²) in [7, 11) is 0. The van der Waals surface area contributed by atoms with E-state index < -0.39 is 17.8 Å². The molecule has 1 fully saturated rings. The van der Waals surface area contributed by atoms with E-state index in [1.54, 1.807) is 22.9 Å². The number of aromatic nitrogens is 3. The van der Waals surface area contributed by atoms with Crippen molar-refractivity contribution in [2.75, 3.05) is 16.9 Å².